The van der Waals surface area contributed by atoms with Gasteiger partial charge in [0.25, 0.3) is 0 Å². The van der Waals surface area contributed by atoms with Crippen LogP contribution in [-0.4, -0.2) is 28.8 Å². The van der Waals surface area contributed by atoms with Crippen molar-refractivity contribution in [3.63, 3.8) is 0 Å². The molecule has 1 N–H and O–H groups in total. The van der Waals surface area contributed by atoms with Crippen molar-refractivity contribution < 1.29 is 14.0 Å². The average molecular weight is 405 g/mol. The second kappa shape index (κ2) is 10.2. The predicted molar refractivity (Wildman–Crippen MR) is 109 cm³/mol. The number of nitrogens with zero attached hydrogens (tertiary/aromatic N) is 1. The van der Waals surface area contributed by atoms with Crippen molar-refractivity contribution in [1.82, 2.24) is 10.2 Å². The van der Waals surface area contributed by atoms with E-state index < -0.39 is 11.9 Å². The average Bonchev–Trinajstić information content (AvgIpc) is 2.67. The Morgan fingerprint density at radius 2 is 1.86 bits per heavy atom. The molecule has 28 heavy (non-hydrogen) atoms. The van der Waals surface area contributed by atoms with Crippen LogP contribution in [0.1, 0.15) is 38.3 Å². The summed E-state index contributed by atoms with van der Waals surface area (Å²) < 4.78 is 14.0. The van der Waals surface area contributed by atoms with Gasteiger partial charge in [0.1, 0.15) is 11.9 Å². The Labute approximate surface area is 170 Å². The van der Waals surface area contributed by atoms with Gasteiger partial charge in [0, 0.05) is 17.6 Å². The third kappa shape index (κ3) is 6.06. The lowest BCUT2D eigenvalue weighted by atomic mass is 10.1. The van der Waals surface area contributed by atoms with Crippen LogP contribution < -0.4 is 5.32 Å². The molecule has 0 heterocycles. The highest BCUT2D eigenvalue weighted by molar-refractivity contribution is 6.30. The molecule has 0 aromatic heterocycles. The van der Waals surface area contributed by atoms with Crippen molar-refractivity contribution >= 4 is 23.4 Å². The summed E-state index contributed by atoms with van der Waals surface area (Å²) in [4.78, 5) is 27.1. The minimum absolute atomic E-state index is 0.00430. The number of benzene rings is 2. The summed E-state index contributed by atoms with van der Waals surface area (Å²) in [6.07, 6.45) is 0.671. The number of amides is 2. The maximum atomic E-state index is 14.0. The Kier molecular flexibility index (Phi) is 8.00. The Hall–Kier alpha value is -2.40. The van der Waals surface area contributed by atoms with Crippen LogP contribution in [0.5, 0.6) is 0 Å². The molecule has 4 nitrogen and oxygen atoms in total. The lowest BCUT2D eigenvalue weighted by Crippen LogP contribution is -2.50. The van der Waals surface area contributed by atoms with Gasteiger partial charge in [0.05, 0.1) is 6.42 Å². The van der Waals surface area contributed by atoms with Crippen molar-refractivity contribution in [3.8, 4) is 0 Å². The first-order valence-electron chi connectivity index (χ1n) is 9.39. The number of carbonyl (C=O) groups is 2. The fourth-order valence-corrected chi connectivity index (χ4v) is 3.00. The molecule has 0 saturated carbocycles. The summed E-state index contributed by atoms with van der Waals surface area (Å²) >= 11 is 6.06. The maximum absolute atomic E-state index is 14.0. The monoisotopic (exact) mass is 404 g/mol. The molecule has 0 fully saturated rings. The molecule has 0 radical (unpaired) electrons. The van der Waals surface area contributed by atoms with E-state index in [-0.39, 0.29) is 30.8 Å². The van der Waals surface area contributed by atoms with E-state index >= 15 is 0 Å². The summed E-state index contributed by atoms with van der Waals surface area (Å²) in [6.45, 7) is 5.78. The van der Waals surface area contributed by atoms with Crippen LogP contribution in [0.2, 0.25) is 5.02 Å². The van der Waals surface area contributed by atoms with E-state index in [1.54, 1.807) is 43.3 Å². The molecule has 2 amide bonds. The summed E-state index contributed by atoms with van der Waals surface area (Å²) in [6, 6.07) is 12.6. The standard InChI is InChI=1S/C22H26ClFN2O2/c1-4-15(2)25-22(28)16(3)26(14-17-8-7-10-19(23)12-17)21(27)13-18-9-5-6-11-20(18)24/h5-12,15-16H,4,13-14H2,1-3H3,(H,25,28). The third-order valence-corrected chi connectivity index (χ3v) is 4.94. The maximum Gasteiger partial charge on any atom is 0.242 e. The lowest BCUT2D eigenvalue weighted by Gasteiger charge is -2.30. The van der Waals surface area contributed by atoms with Crippen LogP contribution in [0, 0.1) is 5.82 Å². The van der Waals surface area contributed by atoms with Crippen LogP contribution >= 0.6 is 11.6 Å². The van der Waals surface area contributed by atoms with Crippen molar-refractivity contribution in [2.75, 3.05) is 0 Å². The number of nitrogens with one attached hydrogen (secondary N) is 1. The molecule has 0 aliphatic carbocycles. The quantitative estimate of drug-likeness (QED) is 0.710. The zero-order valence-electron chi connectivity index (χ0n) is 16.4. The van der Waals surface area contributed by atoms with Crippen molar-refractivity contribution in [1.29, 1.82) is 0 Å². The Morgan fingerprint density at radius 3 is 2.50 bits per heavy atom. The van der Waals surface area contributed by atoms with Crippen molar-refractivity contribution in [2.45, 2.75) is 52.2 Å². The topological polar surface area (TPSA) is 49.4 Å². The first kappa shape index (κ1) is 21.9. The number of hydrogen-bond acceptors (Lipinski definition) is 2. The minimum atomic E-state index is -0.702. The van der Waals surface area contributed by atoms with Crippen LogP contribution in [0.4, 0.5) is 4.39 Å². The molecule has 6 heteroatoms. The number of carbonyl (C=O) groups excluding carboxylic acids is 2. The van der Waals surface area contributed by atoms with Gasteiger partial charge in [0.15, 0.2) is 0 Å². The Morgan fingerprint density at radius 1 is 1.14 bits per heavy atom. The van der Waals surface area contributed by atoms with Crippen LogP contribution in [0.3, 0.4) is 0 Å². The van der Waals surface area contributed by atoms with Crippen LogP contribution in [0.25, 0.3) is 0 Å². The van der Waals surface area contributed by atoms with Gasteiger partial charge in [-0.2, -0.15) is 0 Å². The molecular formula is C22H26ClFN2O2. The summed E-state index contributed by atoms with van der Waals surface area (Å²) in [5.41, 5.74) is 1.11. The summed E-state index contributed by atoms with van der Waals surface area (Å²) in [5, 5.41) is 3.46. The smallest absolute Gasteiger partial charge is 0.242 e. The van der Waals surface area contributed by atoms with Crippen molar-refractivity contribution in [3.05, 3.63) is 70.5 Å². The normalized spacial score (nSPS) is 12.9. The SMILES string of the molecule is CCC(C)NC(=O)C(C)N(Cc1cccc(Cl)c1)C(=O)Cc1ccccc1F. The summed E-state index contributed by atoms with van der Waals surface area (Å²) in [5.74, 6) is -0.995. The molecule has 2 aromatic rings. The largest absolute Gasteiger partial charge is 0.352 e. The van der Waals surface area contributed by atoms with Gasteiger partial charge >= 0.3 is 0 Å². The predicted octanol–water partition coefficient (Wildman–Crippen LogP) is 4.35. The highest BCUT2D eigenvalue weighted by Gasteiger charge is 2.27. The van der Waals surface area contributed by atoms with Gasteiger partial charge < -0.3 is 10.2 Å². The van der Waals surface area contributed by atoms with E-state index in [2.05, 4.69) is 5.32 Å². The molecule has 2 aromatic carbocycles. The molecular weight excluding hydrogens is 379 g/mol. The van der Waals surface area contributed by atoms with Gasteiger partial charge in [-0.05, 0) is 49.6 Å². The third-order valence-electron chi connectivity index (χ3n) is 4.71. The summed E-state index contributed by atoms with van der Waals surface area (Å²) in [7, 11) is 0. The molecule has 0 bridgehead atoms. The second-order valence-corrected chi connectivity index (χ2v) is 7.35. The number of rotatable bonds is 8. The highest BCUT2D eigenvalue weighted by Crippen LogP contribution is 2.17. The number of halogens is 2. The van der Waals surface area contributed by atoms with E-state index in [9.17, 15) is 14.0 Å². The molecule has 0 spiro atoms. The van der Waals surface area contributed by atoms with E-state index in [1.165, 1.54) is 11.0 Å². The molecule has 0 aliphatic heterocycles. The van der Waals surface area contributed by atoms with Gasteiger partial charge in [-0.3, -0.25) is 9.59 Å². The lowest BCUT2D eigenvalue weighted by molar-refractivity contribution is -0.140. The van der Waals surface area contributed by atoms with E-state index in [0.717, 1.165) is 12.0 Å². The van der Waals surface area contributed by atoms with E-state index in [4.69, 9.17) is 11.6 Å². The molecule has 0 saturated heterocycles. The van der Waals surface area contributed by atoms with E-state index in [0.29, 0.717) is 10.6 Å². The zero-order valence-corrected chi connectivity index (χ0v) is 17.2. The first-order valence-corrected chi connectivity index (χ1v) is 9.77. The molecule has 2 atom stereocenters. The zero-order chi connectivity index (χ0) is 20.7. The minimum Gasteiger partial charge on any atom is -0.352 e. The Bertz CT molecular complexity index is 828. The molecule has 2 unspecified atom stereocenters. The molecule has 150 valence electrons. The fraction of sp³-hybridized carbons (Fsp3) is 0.364. The Balaban J connectivity index is 2.25. The van der Waals surface area contributed by atoms with Gasteiger partial charge in [-0.25, -0.2) is 4.39 Å². The van der Waals surface area contributed by atoms with Crippen molar-refractivity contribution in [2.24, 2.45) is 0 Å². The second-order valence-electron chi connectivity index (χ2n) is 6.91. The van der Waals surface area contributed by atoms with Gasteiger partial charge in [-0.15, -0.1) is 0 Å². The molecule has 2 rings (SSSR count). The first-order chi connectivity index (χ1) is 13.3. The van der Waals surface area contributed by atoms with Crippen LogP contribution in [0.15, 0.2) is 48.5 Å². The van der Waals surface area contributed by atoms with Gasteiger partial charge in [0.2, 0.25) is 11.8 Å². The number of hydrogen-bond donors (Lipinski definition) is 1. The van der Waals surface area contributed by atoms with Crippen LogP contribution in [-0.2, 0) is 22.6 Å². The van der Waals surface area contributed by atoms with Gasteiger partial charge in [-0.1, -0.05) is 48.9 Å². The fourth-order valence-electron chi connectivity index (χ4n) is 2.79. The highest BCUT2D eigenvalue weighted by atomic mass is 35.5. The molecule has 0 aliphatic rings. The van der Waals surface area contributed by atoms with E-state index in [1.807, 2.05) is 19.9 Å².